The topological polar surface area (TPSA) is 134 Å². The molecule has 39 heavy (non-hydrogen) atoms. The molecule has 1 unspecified atom stereocenters. The lowest BCUT2D eigenvalue weighted by Crippen LogP contribution is -2.47. The number of alkyl halides is 3. The molecule has 3 heterocycles. The summed E-state index contributed by atoms with van der Waals surface area (Å²) in [5.41, 5.74) is -3.18. The van der Waals surface area contributed by atoms with Crippen LogP contribution in [0.25, 0.3) is 0 Å². The fourth-order valence-electron chi connectivity index (χ4n) is 5.06. The van der Waals surface area contributed by atoms with Crippen molar-refractivity contribution in [2.75, 3.05) is 14.1 Å². The highest BCUT2D eigenvalue weighted by Gasteiger charge is 2.39. The predicted octanol–water partition coefficient (Wildman–Crippen LogP) is 2.10. The number of carbonyl (C=O) groups is 3. The number of amides is 3. The van der Waals surface area contributed by atoms with Crippen LogP contribution in [0.2, 0.25) is 0 Å². The van der Waals surface area contributed by atoms with Gasteiger partial charge in [-0.15, -0.1) is 0 Å². The molecule has 3 N–H and O–H groups in total. The van der Waals surface area contributed by atoms with Gasteiger partial charge in [0.15, 0.2) is 5.69 Å². The Labute approximate surface area is 220 Å². The van der Waals surface area contributed by atoms with Gasteiger partial charge in [-0.1, -0.05) is 6.07 Å². The van der Waals surface area contributed by atoms with Gasteiger partial charge in [-0.25, -0.2) is 9.37 Å². The van der Waals surface area contributed by atoms with Crippen LogP contribution < -0.4 is 16.2 Å². The average Bonchev–Trinajstić information content (AvgIpc) is 2.87. The molecule has 2 aliphatic heterocycles. The molecule has 0 saturated heterocycles. The van der Waals surface area contributed by atoms with Crippen molar-refractivity contribution in [1.29, 1.82) is 0 Å². The number of benzene rings is 1. The fraction of sp³-hybridized carbons (Fsp3) is 0.480. The van der Waals surface area contributed by atoms with Crippen molar-refractivity contribution < 1.29 is 37.1 Å². The van der Waals surface area contributed by atoms with Crippen LogP contribution in [0, 0.1) is 17.7 Å². The molecule has 0 radical (unpaired) electrons. The Hall–Kier alpha value is -3.97. The van der Waals surface area contributed by atoms with Crippen LogP contribution in [0.4, 0.5) is 17.6 Å². The van der Waals surface area contributed by atoms with Crippen molar-refractivity contribution >= 4 is 17.7 Å². The second-order valence-electron chi connectivity index (χ2n) is 10.0. The number of halogens is 4. The molecule has 1 aromatic carbocycles. The van der Waals surface area contributed by atoms with Crippen molar-refractivity contribution in [3.8, 4) is 5.75 Å². The number of nitrogens with one attached hydrogen (secondary N) is 2. The molecule has 1 fully saturated rings. The normalized spacial score (nSPS) is 20.4. The highest BCUT2D eigenvalue weighted by molar-refractivity contribution is 6.34. The monoisotopic (exact) mass is 553 g/mol. The van der Waals surface area contributed by atoms with E-state index in [0.29, 0.717) is 25.0 Å². The zero-order valence-electron chi connectivity index (χ0n) is 21.1. The standard InChI is InChI=1S/C25H27F4N5O5/c1-33(2)24(39)22(37)32-17-14-6-3-12(4-7-14)11-34-20(17)31-18(19(35)23(34)38)21(36)30-10-13-5-8-16(26)15(9-13)25(27,28)29/h5,8-9,12,14,17,35H,3-4,6-7,10-11H2,1-2H3,(H,30,36)(H,32,37). The number of fused-ring (bicyclic) bond motifs is 2. The van der Waals surface area contributed by atoms with Gasteiger partial charge in [-0.3, -0.25) is 23.7 Å². The van der Waals surface area contributed by atoms with E-state index in [1.807, 2.05) is 0 Å². The summed E-state index contributed by atoms with van der Waals surface area (Å²) in [5.74, 6) is -5.33. The van der Waals surface area contributed by atoms with Gasteiger partial charge in [0, 0.05) is 27.2 Å². The Morgan fingerprint density at radius 1 is 1.15 bits per heavy atom. The van der Waals surface area contributed by atoms with E-state index in [1.165, 1.54) is 18.7 Å². The summed E-state index contributed by atoms with van der Waals surface area (Å²) >= 11 is 0. The minimum Gasteiger partial charge on any atom is -0.501 e. The first kappa shape index (κ1) is 28.0. The fourth-order valence-corrected chi connectivity index (χ4v) is 5.06. The SMILES string of the molecule is CN(C)C(=O)C(=O)NC1c2nc(C(=O)NCc3ccc(F)c(C(F)(F)F)c3)c(O)c(=O)n2CC2CCC1CC2. The summed E-state index contributed by atoms with van der Waals surface area (Å²) < 4.78 is 53.9. The summed E-state index contributed by atoms with van der Waals surface area (Å²) in [4.78, 5) is 56.3. The maximum atomic E-state index is 13.6. The van der Waals surface area contributed by atoms with Crippen molar-refractivity contribution in [2.24, 2.45) is 11.8 Å². The van der Waals surface area contributed by atoms with E-state index in [4.69, 9.17) is 0 Å². The molecular weight excluding hydrogens is 526 g/mol. The van der Waals surface area contributed by atoms with E-state index >= 15 is 0 Å². The number of hydrogen-bond donors (Lipinski definition) is 3. The van der Waals surface area contributed by atoms with Gasteiger partial charge in [-0.05, 0) is 55.2 Å². The number of aromatic nitrogens is 2. The maximum Gasteiger partial charge on any atom is 0.419 e. The zero-order valence-corrected chi connectivity index (χ0v) is 21.1. The van der Waals surface area contributed by atoms with Crippen LogP contribution in [0.5, 0.6) is 5.75 Å². The number of likely N-dealkylation sites (N-methyl/N-ethyl adjacent to an activating group) is 1. The van der Waals surface area contributed by atoms with Crippen LogP contribution in [0.3, 0.4) is 0 Å². The molecular formula is C25H27F4N5O5. The third-order valence-corrected chi connectivity index (χ3v) is 7.15. The number of hydrogen-bond acceptors (Lipinski definition) is 6. The summed E-state index contributed by atoms with van der Waals surface area (Å²) in [6.07, 6.45) is -2.08. The lowest BCUT2D eigenvalue weighted by Gasteiger charge is -2.38. The molecule has 3 aliphatic rings. The summed E-state index contributed by atoms with van der Waals surface area (Å²) in [6.45, 7) is -0.295. The molecule has 14 heteroatoms. The zero-order chi connectivity index (χ0) is 28.6. The minimum absolute atomic E-state index is 0.00149. The van der Waals surface area contributed by atoms with E-state index in [2.05, 4.69) is 15.6 Å². The average molecular weight is 554 g/mol. The predicted molar refractivity (Wildman–Crippen MR) is 128 cm³/mol. The van der Waals surface area contributed by atoms with Crippen LogP contribution in [0.1, 0.15) is 59.2 Å². The van der Waals surface area contributed by atoms with Crippen molar-refractivity contribution in [2.45, 2.75) is 51.0 Å². The van der Waals surface area contributed by atoms with Gasteiger partial charge < -0.3 is 20.6 Å². The van der Waals surface area contributed by atoms with Crippen molar-refractivity contribution in [3.05, 3.63) is 57.0 Å². The quantitative estimate of drug-likeness (QED) is 0.392. The highest BCUT2D eigenvalue weighted by Crippen LogP contribution is 2.40. The van der Waals surface area contributed by atoms with Crippen molar-refractivity contribution in [3.63, 3.8) is 0 Å². The van der Waals surface area contributed by atoms with Gasteiger partial charge in [0.2, 0.25) is 5.75 Å². The molecule has 3 amide bonds. The maximum absolute atomic E-state index is 13.6. The van der Waals surface area contributed by atoms with Crippen molar-refractivity contribution in [1.82, 2.24) is 25.1 Å². The first-order valence-electron chi connectivity index (χ1n) is 12.3. The smallest absolute Gasteiger partial charge is 0.419 e. The van der Waals surface area contributed by atoms with Crippen LogP contribution in [0.15, 0.2) is 23.0 Å². The highest BCUT2D eigenvalue weighted by atomic mass is 19.4. The van der Waals surface area contributed by atoms with Gasteiger partial charge in [0.05, 0.1) is 11.6 Å². The lowest BCUT2D eigenvalue weighted by atomic mass is 9.76. The molecule has 210 valence electrons. The Balaban J connectivity index is 1.68. The molecule has 0 spiro atoms. The molecule has 1 aromatic heterocycles. The summed E-state index contributed by atoms with van der Waals surface area (Å²) in [5, 5.41) is 15.5. The number of nitrogens with zero attached hydrogens (tertiary/aromatic N) is 3. The number of carbonyl (C=O) groups excluding carboxylic acids is 3. The Kier molecular flexibility index (Phi) is 7.66. The van der Waals surface area contributed by atoms with E-state index < -0.39 is 64.9 Å². The van der Waals surface area contributed by atoms with E-state index in [1.54, 1.807) is 0 Å². The molecule has 5 rings (SSSR count). The van der Waals surface area contributed by atoms with Gasteiger partial charge >= 0.3 is 18.0 Å². The first-order chi connectivity index (χ1) is 18.3. The van der Waals surface area contributed by atoms with Crippen LogP contribution in [-0.2, 0) is 28.9 Å². The van der Waals surface area contributed by atoms with Crippen LogP contribution in [-0.4, -0.2) is 51.4 Å². The second-order valence-corrected chi connectivity index (χ2v) is 10.0. The first-order valence-corrected chi connectivity index (χ1v) is 12.3. The van der Waals surface area contributed by atoms with E-state index in [0.717, 1.165) is 23.8 Å². The molecule has 1 saturated carbocycles. The summed E-state index contributed by atoms with van der Waals surface area (Å²) in [7, 11) is 2.81. The second kappa shape index (κ2) is 10.7. The van der Waals surface area contributed by atoms with Gasteiger partial charge in [0.25, 0.3) is 11.5 Å². The van der Waals surface area contributed by atoms with E-state index in [9.17, 15) is 41.8 Å². The number of rotatable bonds is 4. The third-order valence-electron chi connectivity index (χ3n) is 7.15. The summed E-state index contributed by atoms with van der Waals surface area (Å²) in [6, 6.07) is 1.31. The van der Waals surface area contributed by atoms with Gasteiger partial charge in [0.1, 0.15) is 11.6 Å². The number of aromatic hydroxyl groups is 1. The third kappa shape index (κ3) is 5.73. The largest absolute Gasteiger partial charge is 0.501 e. The van der Waals surface area contributed by atoms with E-state index in [-0.39, 0.29) is 29.8 Å². The van der Waals surface area contributed by atoms with Gasteiger partial charge in [-0.2, -0.15) is 13.2 Å². The van der Waals surface area contributed by atoms with Crippen LogP contribution >= 0.6 is 0 Å². The molecule has 10 nitrogen and oxygen atoms in total. The lowest BCUT2D eigenvalue weighted by molar-refractivity contribution is -0.144. The Morgan fingerprint density at radius 3 is 2.44 bits per heavy atom. The molecule has 1 aliphatic carbocycles. The Bertz CT molecular complexity index is 1370. The molecule has 1 atom stereocenters. The molecule has 2 aromatic rings. The molecule has 2 bridgehead atoms. The Morgan fingerprint density at radius 2 is 1.82 bits per heavy atom. The minimum atomic E-state index is -4.94.